The van der Waals surface area contributed by atoms with Gasteiger partial charge in [0.2, 0.25) is 11.8 Å². The van der Waals surface area contributed by atoms with Gasteiger partial charge in [-0.2, -0.15) is 26.3 Å². The van der Waals surface area contributed by atoms with Crippen LogP contribution in [0.1, 0.15) is 59.9 Å². The molecule has 12 nitrogen and oxygen atoms in total. The molecule has 3 aromatic carbocycles. The Bertz CT molecular complexity index is 2040. The summed E-state index contributed by atoms with van der Waals surface area (Å²) in [6, 6.07) is 17.6. The quantitative estimate of drug-likeness (QED) is 0.177. The van der Waals surface area contributed by atoms with Gasteiger partial charge >= 0.3 is 24.5 Å². The Hall–Kier alpha value is -5.52. The van der Waals surface area contributed by atoms with Gasteiger partial charge in [-0.1, -0.05) is 48.5 Å². The maximum absolute atomic E-state index is 14.3. The number of nitrogens with two attached hydrogens (primary N) is 1. The van der Waals surface area contributed by atoms with Crippen molar-refractivity contribution < 1.29 is 50.3 Å². The molecule has 5 amide bonds. The average Bonchev–Trinajstić information content (AvgIpc) is 3.43. The van der Waals surface area contributed by atoms with Crippen molar-refractivity contribution in [1.82, 2.24) is 24.5 Å². The zero-order valence-electron chi connectivity index (χ0n) is 34.2. The fourth-order valence-electron chi connectivity index (χ4n) is 9.13. The molecule has 0 unspecified atom stereocenters. The second kappa shape index (κ2) is 18.8. The maximum Gasteiger partial charge on any atom is 0.418 e. The van der Waals surface area contributed by atoms with Crippen molar-refractivity contribution in [2.45, 2.75) is 76.0 Å². The lowest BCUT2D eigenvalue weighted by molar-refractivity contribution is -0.143. The molecular formula is C44H51F6N7O5. The first kappa shape index (κ1) is 44.5. The number of anilines is 2. The number of halogens is 6. The number of rotatable bonds is 9. The van der Waals surface area contributed by atoms with Gasteiger partial charge < -0.3 is 35.4 Å². The molecule has 18 heteroatoms. The van der Waals surface area contributed by atoms with E-state index in [1.807, 2.05) is 54.6 Å². The van der Waals surface area contributed by atoms with Gasteiger partial charge in [0.1, 0.15) is 6.61 Å². The second-order valence-corrected chi connectivity index (χ2v) is 16.5. The fourth-order valence-corrected chi connectivity index (χ4v) is 9.13. The Morgan fingerprint density at radius 3 is 1.92 bits per heavy atom. The van der Waals surface area contributed by atoms with Gasteiger partial charge in [-0.25, -0.2) is 9.59 Å². The van der Waals surface area contributed by atoms with Gasteiger partial charge in [0, 0.05) is 83.1 Å². The Morgan fingerprint density at radius 2 is 1.29 bits per heavy atom. The van der Waals surface area contributed by atoms with Crippen LogP contribution in [0, 0.1) is 5.92 Å². The Morgan fingerprint density at radius 1 is 0.710 bits per heavy atom. The lowest BCUT2D eigenvalue weighted by Gasteiger charge is -2.43. The van der Waals surface area contributed by atoms with Crippen molar-refractivity contribution in [3.05, 3.63) is 94.5 Å². The number of nitrogen functional groups attached to an aromatic ring is 1. The van der Waals surface area contributed by atoms with Gasteiger partial charge in [-0.3, -0.25) is 14.5 Å². The van der Waals surface area contributed by atoms with Crippen molar-refractivity contribution in [1.29, 1.82) is 0 Å². The standard InChI is InChI=1S/C44H51F6N7O5/c45-43(46,47)35-25-30(26-36(39(35)51)44(48,49)50)24-32(27-38(58)54-15-13-34(14-16-54)57-19-10-31-8-4-5-9-37(31)52-41(57)60)40(59)55-17-11-33(12-18-55)53-20-22-56(23-21-53)42(61)62-28-29-6-2-1-3-7-29/h1-9,25-26,32-34H,10-24,27-28,51H2,(H,52,60)/t32-/m0/s1. The minimum Gasteiger partial charge on any atom is -0.445 e. The first-order valence-corrected chi connectivity index (χ1v) is 21.0. The molecule has 3 aromatic rings. The molecule has 4 heterocycles. The number of amides is 5. The molecule has 0 bridgehead atoms. The second-order valence-electron chi connectivity index (χ2n) is 16.5. The summed E-state index contributed by atoms with van der Waals surface area (Å²) in [6.45, 7) is 3.77. The zero-order chi connectivity index (χ0) is 44.2. The van der Waals surface area contributed by atoms with Gasteiger partial charge in [0.05, 0.1) is 22.7 Å². The number of hydrogen-bond donors (Lipinski definition) is 2. The summed E-state index contributed by atoms with van der Waals surface area (Å²) in [7, 11) is 0. The van der Waals surface area contributed by atoms with E-state index in [-0.39, 0.29) is 50.9 Å². The number of urea groups is 1. The van der Waals surface area contributed by atoms with E-state index >= 15 is 0 Å². The number of nitrogens with one attached hydrogen (secondary N) is 1. The first-order chi connectivity index (χ1) is 29.5. The van der Waals surface area contributed by atoms with E-state index in [2.05, 4.69) is 10.2 Å². The summed E-state index contributed by atoms with van der Waals surface area (Å²) in [5.41, 5.74) is 2.87. The number of para-hydroxylation sites is 1. The Labute approximate surface area is 355 Å². The van der Waals surface area contributed by atoms with Gasteiger partial charge in [0.15, 0.2) is 0 Å². The predicted octanol–water partition coefficient (Wildman–Crippen LogP) is 6.88. The van der Waals surface area contributed by atoms with Crippen LogP contribution in [0.15, 0.2) is 66.7 Å². The minimum absolute atomic E-state index is 0.0733. The van der Waals surface area contributed by atoms with Crippen molar-refractivity contribution in [3.63, 3.8) is 0 Å². The van der Waals surface area contributed by atoms with Gasteiger partial charge in [0.25, 0.3) is 0 Å². The summed E-state index contributed by atoms with van der Waals surface area (Å²) < 4.78 is 89.6. The number of piperazine rings is 1. The largest absolute Gasteiger partial charge is 0.445 e. The van der Waals surface area contributed by atoms with Crippen molar-refractivity contribution in [3.8, 4) is 0 Å². The third-order valence-corrected chi connectivity index (χ3v) is 12.6. The fraction of sp³-hybridized carbons (Fsp3) is 0.500. The number of nitrogens with zero attached hydrogens (tertiary/aromatic N) is 5. The molecule has 3 fully saturated rings. The van der Waals surface area contributed by atoms with Crippen LogP contribution in [0.2, 0.25) is 0 Å². The van der Waals surface area contributed by atoms with Crippen molar-refractivity contribution in [2.75, 3.05) is 70.0 Å². The molecule has 3 saturated heterocycles. The third-order valence-electron chi connectivity index (χ3n) is 12.6. The molecule has 62 heavy (non-hydrogen) atoms. The number of benzene rings is 3. The summed E-state index contributed by atoms with van der Waals surface area (Å²) in [5.74, 6) is -2.24. The lowest BCUT2D eigenvalue weighted by atomic mass is 9.90. The Balaban J connectivity index is 0.995. The molecular weight excluding hydrogens is 821 g/mol. The highest BCUT2D eigenvalue weighted by Gasteiger charge is 2.42. The van der Waals surface area contributed by atoms with Crippen LogP contribution in [-0.4, -0.2) is 119 Å². The molecule has 4 aliphatic heterocycles. The highest BCUT2D eigenvalue weighted by atomic mass is 19.4. The molecule has 7 rings (SSSR count). The summed E-state index contributed by atoms with van der Waals surface area (Å²) in [6.07, 6.45) is -9.15. The van der Waals surface area contributed by atoms with Gasteiger partial charge in [-0.15, -0.1) is 0 Å². The van der Waals surface area contributed by atoms with Crippen LogP contribution in [0.4, 0.5) is 47.3 Å². The molecule has 0 aromatic heterocycles. The van der Waals surface area contributed by atoms with Crippen molar-refractivity contribution in [2.24, 2.45) is 5.92 Å². The van der Waals surface area contributed by atoms with Crippen LogP contribution in [-0.2, 0) is 46.1 Å². The number of hydrogen-bond acceptors (Lipinski definition) is 7. The maximum atomic E-state index is 14.3. The van der Waals surface area contributed by atoms with Crippen LogP contribution in [0.3, 0.4) is 0 Å². The highest BCUT2D eigenvalue weighted by molar-refractivity contribution is 5.91. The topological polar surface area (TPSA) is 132 Å². The number of carbonyl (C=O) groups is 4. The number of carbonyl (C=O) groups excluding carboxylic acids is 4. The minimum atomic E-state index is -5.21. The molecule has 4 aliphatic rings. The molecule has 0 spiro atoms. The summed E-state index contributed by atoms with van der Waals surface area (Å²) >= 11 is 0. The number of fused-ring (bicyclic) bond motifs is 1. The Kier molecular flexibility index (Phi) is 13.5. The van der Waals surface area contributed by atoms with E-state index in [4.69, 9.17) is 10.5 Å². The molecule has 0 aliphatic carbocycles. The lowest BCUT2D eigenvalue weighted by Crippen LogP contribution is -2.55. The SMILES string of the molecule is Nc1c(C(F)(F)F)cc(C[C@@H](CC(=O)N2CCC(N3CCc4ccccc4NC3=O)CC2)C(=O)N2CCC(N3CCN(C(=O)OCc4ccccc4)CC3)CC2)cc1C(F)(F)F. The third kappa shape index (κ3) is 10.6. The molecule has 3 N–H and O–H groups in total. The number of piperidine rings is 2. The van der Waals surface area contributed by atoms with E-state index < -0.39 is 71.4 Å². The van der Waals surface area contributed by atoms with E-state index in [0.29, 0.717) is 77.0 Å². The highest BCUT2D eigenvalue weighted by Crippen LogP contribution is 2.42. The molecule has 0 saturated carbocycles. The van der Waals surface area contributed by atoms with Crippen LogP contribution in [0.25, 0.3) is 0 Å². The monoisotopic (exact) mass is 871 g/mol. The summed E-state index contributed by atoms with van der Waals surface area (Å²) in [4.78, 5) is 62.9. The zero-order valence-corrected chi connectivity index (χ0v) is 34.2. The average molecular weight is 872 g/mol. The van der Waals surface area contributed by atoms with E-state index in [9.17, 15) is 45.5 Å². The van der Waals surface area contributed by atoms with Crippen LogP contribution >= 0.6 is 0 Å². The summed E-state index contributed by atoms with van der Waals surface area (Å²) in [5, 5.41) is 2.96. The number of likely N-dealkylation sites (tertiary alicyclic amines) is 2. The first-order valence-electron chi connectivity index (χ1n) is 21.0. The molecule has 0 radical (unpaired) electrons. The molecule has 1 atom stereocenters. The van der Waals surface area contributed by atoms with Gasteiger partial charge in [-0.05, 0) is 73.4 Å². The van der Waals surface area contributed by atoms with E-state index in [1.54, 1.807) is 19.6 Å². The normalized spacial score (nSPS) is 19.1. The molecule has 334 valence electrons. The van der Waals surface area contributed by atoms with Crippen LogP contribution in [0.5, 0.6) is 0 Å². The van der Waals surface area contributed by atoms with E-state index in [0.717, 1.165) is 16.8 Å². The van der Waals surface area contributed by atoms with E-state index in [1.165, 1.54) is 0 Å². The van der Waals surface area contributed by atoms with Crippen molar-refractivity contribution >= 4 is 35.3 Å². The van der Waals surface area contributed by atoms with Crippen LogP contribution < -0.4 is 11.1 Å². The predicted molar refractivity (Wildman–Crippen MR) is 218 cm³/mol. The smallest absolute Gasteiger partial charge is 0.418 e. The number of alkyl halides is 6. The number of ether oxygens (including phenoxy) is 1.